The number of ether oxygens (including phenoxy) is 1. The second-order valence-corrected chi connectivity index (χ2v) is 8.70. The van der Waals surface area contributed by atoms with Gasteiger partial charge in [0.25, 0.3) is 5.91 Å². The number of carbonyl (C=O) groups excluding carboxylic acids is 2. The summed E-state index contributed by atoms with van der Waals surface area (Å²) in [5, 5.41) is 2.91. The number of benzene rings is 1. The number of rotatable bonds is 8. The van der Waals surface area contributed by atoms with Gasteiger partial charge in [-0.3, -0.25) is 4.79 Å². The first-order valence-electron chi connectivity index (χ1n) is 9.39. The second kappa shape index (κ2) is 9.85. The van der Waals surface area contributed by atoms with Crippen LogP contribution in [0.5, 0.6) is 0 Å². The van der Waals surface area contributed by atoms with Crippen molar-refractivity contribution < 1.29 is 22.7 Å². The molecule has 0 radical (unpaired) electrons. The van der Waals surface area contributed by atoms with E-state index in [1.165, 1.54) is 30.7 Å². The molecule has 1 fully saturated rings. The van der Waals surface area contributed by atoms with Crippen LogP contribution < -0.4 is 10.0 Å². The third-order valence-electron chi connectivity index (χ3n) is 4.71. The zero-order valence-corrected chi connectivity index (χ0v) is 16.7. The molecule has 0 saturated heterocycles. The third kappa shape index (κ3) is 6.32. The molecule has 1 saturated carbocycles. The van der Waals surface area contributed by atoms with E-state index < -0.39 is 16.0 Å². The van der Waals surface area contributed by atoms with Gasteiger partial charge in [0.05, 0.1) is 10.5 Å². The van der Waals surface area contributed by atoms with Crippen molar-refractivity contribution in [1.82, 2.24) is 10.0 Å². The lowest BCUT2D eigenvalue weighted by Gasteiger charge is -2.29. The van der Waals surface area contributed by atoms with Crippen LogP contribution in [0.2, 0.25) is 0 Å². The van der Waals surface area contributed by atoms with Crippen molar-refractivity contribution in [3.63, 3.8) is 0 Å². The molecule has 1 aliphatic carbocycles. The Balaban J connectivity index is 1.92. The standard InChI is InChI=1S/C19H28N2O5S/c1-3-11-20-27(24,25)16-9-6-8-15(12-16)19(23)26-13-18(22)21-17-10-5-4-7-14(17)2/h6,8-9,12,14,17,20H,3-5,7,10-11,13H2,1-2H3,(H,21,22)/t14-,17-/m1/s1. The molecule has 150 valence electrons. The van der Waals surface area contributed by atoms with Crippen molar-refractivity contribution >= 4 is 21.9 Å². The normalized spacial score (nSPS) is 20.1. The lowest BCUT2D eigenvalue weighted by Crippen LogP contribution is -2.42. The maximum absolute atomic E-state index is 12.2. The van der Waals surface area contributed by atoms with Crippen molar-refractivity contribution in [2.24, 2.45) is 5.92 Å². The van der Waals surface area contributed by atoms with E-state index in [9.17, 15) is 18.0 Å². The van der Waals surface area contributed by atoms with Gasteiger partial charge in [0, 0.05) is 12.6 Å². The van der Waals surface area contributed by atoms with Gasteiger partial charge in [-0.25, -0.2) is 17.9 Å². The van der Waals surface area contributed by atoms with Crippen LogP contribution in [0, 0.1) is 5.92 Å². The van der Waals surface area contributed by atoms with E-state index in [0.717, 1.165) is 19.3 Å². The molecule has 27 heavy (non-hydrogen) atoms. The Kier molecular flexibility index (Phi) is 7.79. The van der Waals surface area contributed by atoms with Gasteiger partial charge >= 0.3 is 5.97 Å². The zero-order chi connectivity index (χ0) is 19.9. The van der Waals surface area contributed by atoms with Gasteiger partial charge in [-0.05, 0) is 43.4 Å². The molecule has 2 atom stereocenters. The van der Waals surface area contributed by atoms with Gasteiger partial charge in [0.15, 0.2) is 6.61 Å². The minimum atomic E-state index is -3.67. The summed E-state index contributed by atoms with van der Waals surface area (Å²) in [5.74, 6) is -0.652. The quantitative estimate of drug-likeness (QED) is 0.656. The highest BCUT2D eigenvalue weighted by atomic mass is 32.2. The molecule has 2 rings (SSSR count). The van der Waals surface area contributed by atoms with Crippen LogP contribution in [0.25, 0.3) is 0 Å². The van der Waals surface area contributed by atoms with E-state index in [4.69, 9.17) is 4.74 Å². The monoisotopic (exact) mass is 396 g/mol. The summed E-state index contributed by atoms with van der Waals surface area (Å²) in [4.78, 5) is 24.2. The Labute approximate surface area is 160 Å². The first-order valence-corrected chi connectivity index (χ1v) is 10.9. The summed E-state index contributed by atoms with van der Waals surface area (Å²) >= 11 is 0. The number of nitrogens with one attached hydrogen (secondary N) is 2. The number of hydrogen-bond acceptors (Lipinski definition) is 5. The van der Waals surface area contributed by atoms with Crippen LogP contribution in [0.4, 0.5) is 0 Å². The molecule has 0 aromatic heterocycles. The predicted octanol–water partition coefficient (Wildman–Crippen LogP) is 2.23. The Morgan fingerprint density at radius 1 is 1.22 bits per heavy atom. The maximum Gasteiger partial charge on any atom is 0.338 e. The minimum Gasteiger partial charge on any atom is -0.452 e. The Morgan fingerprint density at radius 3 is 2.67 bits per heavy atom. The fraction of sp³-hybridized carbons (Fsp3) is 0.579. The average molecular weight is 397 g/mol. The molecule has 0 heterocycles. The number of esters is 1. The molecule has 1 aliphatic rings. The minimum absolute atomic E-state index is 0.00844. The third-order valence-corrected chi connectivity index (χ3v) is 6.17. The van der Waals surface area contributed by atoms with Crippen molar-refractivity contribution in [2.45, 2.75) is 56.9 Å². The SMILES string of the molecule is CCCNS(=O)(=O)c1cccc(C(=O)OCC(=O)N[C@@H]2CCCC[C@H]2C)c1. The molecule has 0 aliphatic heterocycles. The Morgan fingerprint density at radius 2 is 1.96 bits per heavy atom. The molecule has 2 N–H and O–H groups in total. The summed E-state index contributed by atoms with van der Waals surface area (Å²) in [5.41, 5.74) is 0.0909. The highest BCUT2D eigenvalue weighted by molar-refractivity contribution is 7.89. The fourth-order valence-corrected chi connectivity index (χ4v) is 4.28. The van der Waals surface area contributed by atoms with Gasteiger partial charge in [-0.1, -0.05) is 32.8 Å². The molecule has 1 aromatic carbocycles. The summed E-state index contributed by atoms with van der Waals surface area (Å²) < 4.78 is 31.8. The van der Waals surface area contributed by atoms with E-state index in [1.807, 2.05) is 6.92 Å². The first-order chi connectivity index (χ1) is 12.8. The molecule has 0 bridgehead atoms. The first kappa shape index (κ1) is 21.4. The molecule has 1 aromatic rings. The molecule has 7 nitrogen and oxygen atoms in total. The van der Waals surface area contributed by atoms with E-state index in [-0.39, 0.29) is 29.0 Å². The molecular formula is C19H28N2O5S. The topological polar surface area (TPSA) is 102 Å². The molecule has 0 unspecified atom stereocenters. The van der Waals surface area contributed by atoms with Crippen LogP contribution in [0.3, 0.4) is 0 Å². The lowest BCUT2D eigenvalue weighted by molar-refractivity contribution is -0.125. The largest absolute Gasteiger partial charge is 0.452 e. The van der Waals surface area contributed by atoms with Crippen molar-refractivity contribution in [2.75, 3.05) is 13.2 Å². The predicted molar refractivity (Wildman–Crippen MR) is 102 cm³/mol. The van der Waals surface area contributed by atoms with Crippen LogP contribution in [0.1, 0.15) is 56.3 Å². The van der Waals surface area contributed by atoms with Gasteiger partial charge < -0.3 is 10.1 Å². The fourth-order valence-electron chi connectivity index (χ4n) is 3.10. The highest BCUT2D eigenvalue weighted by Crippen LogP contribution is 2.23. The summed E-state index contributed by atoms with van der Waals surface area (Å²) in [6, 6.07) is 5.71. The van der Waals surface area contributed by atoms with Crippen molar-refractivity contribution in [3.8, 4) is 0 Å². The second-order valence-electron chi connectivity index (χ2n) is 6.94. The van der Waals surface area contributed by atoms with Crippen LogP contribution in [-0.2, 0) is 19.6 Å². The van der Waals surface area contributed by atoms with E-state index in [1.54, 1.807) is 0 Å². The van der Waals surface area contributed by atoms with Gasteiger partial charge in [-0.2, -0.15) is 0 Å². The average Bonchev–Trinajstić information content (AvgIpc) is 2.66. The van der Waals surface area contributed by atoms with Crippen molar-refractivity contribution in [1.29, 1.82) is 0 Å². The van der Waals surface area contributed by atoms with Gasteiger partial charge in [0.1, 0.15) is 0 Å². The summed E-state index contributed by atoms with van der Waals surface area (Å²) in [6.07, 6.45) is 4.94. The summed E-state index contributed by atoms with van der Waals surface area (Å²) in [7, 11) is -3.67. The van der Waals surface area contributed by atoms with Crippen LogP contribution >= 0.6 is 0 Å². The molecular weight excluding hydrogens is 368 g/mol. The van der Waals surface area contributed by atoms with Crippen molar-refractivity contribution in [3.05, 3.63) is 29.8 Å². The number of sulfonamides is 1. The van der Waals surface area contributed by atoms with Gasteiger partial charge in [0.2, 0.25) is 10.0 Å². The number of amides is 1. The molecule has 0 spiro atoms. The number of hydrogen-bond donors (Lipinski definition) is 2. The Bertz CT molecular complexity index is 763. The highest BCUT2D eigenvalue weighted by Gasteiger charge is 2.23. The van der Waals surface area contributed by atoms with E-state index in [2.05, 4.69) is 17.0 Å². The molecule has 1 amide bonds. The van der Waals surface area contributed by atoms with Gasteiger partial charge in [-0.15, -0.1) is 0 Å². The maximum atomic E-state index is 12.2. The summed E-state index contributed by atoms with van der Waals surface area (Å²) in [6.45, 7) is 3.90. The zero-order valence-electron chi connectivity index (χ0n) is 15.9. The molecule has 8 heteroatoms. The van der Waals surface area contributed by atoms with Crippen LogP contribution in [-0.4, -0.2) is 39.5 Å². The lowest BCUT2D eigenvalue weighted by atomic mass is 9.86. The van der Waals surface area contributed by atoms with E-state index in [0.29, 0.717) is 18.9 Å². The van der Waals surface area contributed by atoms with Crippen LogP contribution in [0.15, 0.2) is 29.2 Å². The van der Waals surface area contributed by atoms with E-state index >= 15 is 0 Å². The number of carbonyl (C=O) groups is 2. The smallest absolute Gasteiger partial charge is 0.338 e. The Hall–Kier alpha value is -1.93.